The fraction of sp³-hybridized carbons (Fsp3) is 0.389. The Kier molecular flexibility index (Phi) is 6.37. The SMILES string of the molecule is CC(C)n1nccc1NC(=O)[C@H](C)OC(=O)c1ccc(CS(C)(=O)=O)cc1. The number of nitrogens with one attached hydrogen (secondary N) is 1. The number of anilines is 1. The van der Waals surface area contributed by atoms with Crippen molar-refractivity contribution in [1.29, 1.82) is 0 Å². The summed E-state index contributed by atoms with van der Waals surface area (Å²) in [7, 11) is -3.15. The summed E-state index contributed by atoms with van der Waals surface area (Å²) in [5.74, 6) is -0.728. The number of aromatic nitrogens is 2. The van der Waals surface area contributed by atoms with Gasteiger partial charge in [-0.3, -0.25) is 4.79 Å². The molecular formula is C18H23N3O5S. The third kappa shape index (κ3) is 5.92. The van der Waals surface area contributed by atoms with Gasteiger partial charge in [0.2, 0.25) is 0 Å². The van der Waals surface area contributed by atoms with E-state index < -0.39 is 27.8 Å². The fourth-order valence-corrected chi connectivity index (χ4v) is 3.17. The van der Waals surface area contributed by atoms with E-state index in [1.165, 1.54) is 19.1 Å². The zero-order chi connectivity index (χ0) is 20.2. The first-order chi connectivity index (χ1) is 12.6. The topological polar surface area (TPSA) is 107 Å². The lowest BCUT2D eigenvalue weighted by Crippen LogP contribution is -2.31. The van der Waals surface area contributed by atoms with Crippen molar-refractivity contribution in [1.82, 2.24) is 9.78 Å². The first-order valence-corrected chi connectivity index (χ1v) is 10.4. The number of rotatable bonds is 7. The predicted octanol–water partition coefficient (Wildman–Crippen LogP) is 2.19. The van der Waals surface area contributed by atoms with Gasteiger partial charge in [-0.25, -0.2) is 17.9 Å². The molecule has 0 fully saturated rings. The van der Waals surface area contributed by atoms with E-state index >= 15 is 0 Å². The molecule has 1 atom stereocenters. The van der Waals surface area contributed by atoms with Gasteiger partial charge in [-0.1, -0.05) is 12.1 Å². The van der Waals surface area contributed by atoms with Crippen LogP contribution >= 0.6 is 0 Å². The van der Waals surface area contributed by atoms with Crippen LogP contribution < -0.4 is 5.32 Å². The molecule has 0 aliphatic rings. The molecule has 27 heavy (non-hydrogen) atoms. The second-order valence-corrected chi connectivity index (χ2v) is 8.70. The van der Waals surface area contributed by atoms with Crippen LogP contribution in [0.2, 0.25) is 0 Å². The molecule has 0 spiro atoms. The van der Waals surface area contributed by atoms with Gasteiger partial charge in [0, 0.05) is 18.4 Å². The first-order valence-electron chi connectivity index (χ1n) is 8.39. The minimum absolute atomic E-state index is 0.0682. The molecule has 1 aromatic carbocycles. The van der Waals surface area contributed by atoms with Crippen LogP contribution in [0.15, 0.2) is 36.5 Å². The molecule has 0 aliphatic heterocycles. The van der Waals surface area contributed by atoms with Crippen molar-refractivity contribution in [2.75, 3.05) is 11.6 Å². The quantitative estimate of drug-likeness (QED) is 0.723. The number of hydrogen-bond acceptors (Lipinski definition) is 6. The van der Waals surface area contributed by atoms with Crippen molar-refractivity contribution in [2.24, 2.45) is 0 Å². The van der Waals surface area contributed by atoms with Gasteiger partial charge in [0.1, 0.15) is 5.82 Å². The van der Waals surface area contributed by atoms with Gasteiger partial charge in [0.05, 0.1) is 17.5 Å². The highest BCUT2D eigenvalue weighted by molar-refractivity contribution is 7.89. The number of sulfone groups is 1. The second-order valence-electron chi connectivity index (χ2n) is 6.56. The summed E-state index contributed by atoms with van der Waals surface area (Å²) in [5.41, 5.74) is 0.806. The Bertz CT molecular complexity index is 917. The van der Waals surface area contributed by atoms with Crippen LogP contribution in [0.25, 0.3) is 0 Å². The van der Waals surface area contributed by atoms with Gasteiger partial charge >= 0.3 is 5.97 Å². The van der Waals surface area contributed by atoms with E-state index in [-0.39, 0.29) is 17.4 Å². The van der Waals surface area contributed by atoms with Crippen molar-refractivity contribution >= 4 is 27.5 Å². The van der Waals surface area contributed by atoms with E-state index in [0.29, 0.717) is 11.4 Å². The van der Waals surface area contributed by atoms with Crippen molar-refractivity contribution in [3.8, 4) is 0 Å². The number of hydrogen-bond donors (Lipinski definition) is 1. The summed E-state index contributed by atoms with van der Waals surface area (Å²) in [5, 5.41) is 6.80. The lowest BCUT2D eigenvalue weighted by Gasteiger charge is -2.15. The Morgan fingerprint density at radius 2 is 1.78 bits per heavy atom. The maximum absolute atomic E-state index is 12.3. The molecule has 2 aromatic rings. The molecule has 0 aliphatic carbocycles. The summed E-state index contributed by atoms with van der Waals surface area (Å²) < 4.78 is 29.4. The van der Waals surface area contributed by atoms with Crippen LogP contribution in [0.1, 0.15) is 42.7 Å². The molecule has 0 unspecified atom stereocenters. The lowest BCUT2D eigenvalue weighted by atomic mass is 10.1. The molecule has 0 saturated heterocycles. The monoisotopic (exact) mass is 393 g/mol. The first kappa shape index (κ1) is 20.6. The maximum Gasteiger partial charge on any atom is 0.338 e. The Morgan fingerprint density at radius 1 is 1.15 bits per heavy atom. The average molecular weight is 393 g/mol. The smallest absolute Gasteiger partial charge is 0.338 e. The zero-order valence-electron chi connectivity index (χ0n) is 15.7. The third-order valence-electron chi connectivity index (χ3n) is 3.68. The number of benzene rings is 1. The van der Waals surface area contributed by atoms with Crippen LogP contribution in [-0.2, 0) is 25.1 Å². The average Bonchev–Trinajstić information content (AvgIpc) is 3.02. The van der Waals surface area contributed by atoms with Crippen molar-refractivity contribution in [3.63, 3.8) is 0 Å². The minimum Gasteiger partial charge on any atom is -0.449 e. The van der Waals surface area contributed by atoms with Gasteiger partial charge in [0.25, 0.3) is 5.91 Å². The van der Waals surface area contributed by atoms with E-state index in [4.69, 9.17) is 4.74 Å². The highest BCUT2D eigenvalue weighted by Crippen LogP contribution is 2.14. The maximum atomic E-state index is 12.3. The molecule has 2 rings (SSSR count). The van der Waals surface area contributed by atoms with Gasteiger partial charge in [-0.2, -0.15) is 5.10 Å². The number of nitrogens with zero attached hydrogens (tertiary/aromatic N) is 2. The molecule has 0 radical (unpaired) electrons. The number of amides is 1. The third-order valence-corrected chi connectivity index (χ3v) is 4.54. The Hall–Kier alpha value is -2.68. The molecule has 0 bridgehead atoms. The highest BCUT2D eigenvalue weighted by Gasteiger charge is 2.20. The van der Waals surface area contributed by atoms with E-state index in [2.05, 4.69) is 10.4 Å². The largest absolute Gasteiger partial charge is 0.449 e. The van der Waals surface area contributed by atoms with E-state index in [9.17, 15) is 18.0 Å². The van der Waals surface area contributed by atoms with E-state index in [0.717, 1.165) is 6.26 Å². The Labute approximate surface area is 158 Å². The summed E-state index contributed by atoms with van der Waals surface area (Å²) in [6.07, 6.45) is 1.70. The van der Waals surface area contributed by atoms with E-state index in [1.54, 1.807) is 29.1 Å². The van der Waals surface area contributed by atoms with Crippen LogP contribution in [0, 0.1) is 0 Å². The van der Waals surface area contributed by atoms with Gasteiger partial charge in [0.15, 0.2) is 15.9 Å². The minimum atomic E-state index is -3.15. The van der Waals surface area contributed by atoms with Crippen molar-refractivity contribution in [3.05, 3.63) is 47.7 Å². The normalized spacial score (nSPS) is 12.6. The van der Waals surface area contributed by atoms with Gasteiger partial charge in [-0.15, -0.1) is 0 Å². The molecule has 1 aromatic heterocycles. The van der Waals surface area contributed by atoms with Gasteiger partial charge in [-0.05, 0) is 38.5 Å². The molecule has 146 valence electrons. The van der Waals surface area contributed by atoms with Crippen LogP contribution in [-0.4, -0.2) is 42.4 Å². The Balaban J connectivity index is 1.98. The summed E-state index contributed by atoms with van der Waals surface area (Å²) >= 11 is 0. The van der Waals surface area contributed by atoms with Crippen molar-refractivity contribution < 1.29 is 22.7 Å². The number of carbonyl (C=O) groups is 2. The molecule has 1 amide bonds. The van der Waals surface area contributed by atoms with Crippen LogP contribution in [0.5, 0.6) is 0 Å². The summed E-state index contributed by atoms with van der Waals surface area (Å²) in [6.45, 7) is 5.33. The number of ether oxygens (including phenoxy) is 1. The summed E-state index contributed by atoms with van der Waals surface area (Å²) in [6, 6.07) is 7.77. The second kappa shape index (κ2) is 8.34. The molecule has 0 saturated carbocycles. The standard InChI is InChI=1S/C18H23N3O5S/c1-12(2)21-16(9-10-19-21)20-17(22)13(3)26-18(23)15-7-5-14(6-8-15)11-27(4,24)25/h5-10,12-13H,11H2,1-4H3,(H,20,22)/t13-/m0/s1. The van der Waals surface area contributed by atoms with Gasteiger partial charge < -0.3 is 10.1 Å². The molecule has 8 nitrogen and oxygen atoms in total. The fourth-order valence-electron chi connectivity index (χ4n) is 2.37. The predicted molar refractivity (Wildman–Crippen MR) is 101 cm³/mol. The Morgan fingerprint density at radius 3 is 2.33 bits per heavy atom. The number of esters is 1. The molecule has 1 heterocycles. The highest BCUT2D eigenvalue weighted by atomic mass is 32.2. The molecule has 9 heteroatoms. The van der Waals surface area contributed by atoms with Crippen LogP contribution in [0.4, 0.5) is 5.82 Å². The van der Waals surface area contributed by atoms with Crippen LogP contribution in [0.3, 0.4) is 0 Å². The molecular weight excluding hydrogens is 370 g/mol. The summed E-state index contributed by atoms with van der Waals surface area (Å²) in [4.78, 5) is 24.5. The molecule has 1 N–H and O–H groups in total. The number of carbonyl (C=O) groups excluding carboxylic acids is 2. The van der Waals surface area contributed by atoms with E-state index in [1.807, 2.05) is 13.8 Å². The van der Waals surface area contributed by atoms with Crippen molar-refractivity contribution in [2.45, 2.75) is 38.7 Å². The lowest BCUT2D eigenvalue weighted by molar-refractivity contribution is -0.123. The zero-order valence-corrected chi connectivity index (χ0v) is 16.5.